The summed E-state index contributed by atoms with van der Waals surface area (Å²) in [5.41, 5.74) is 0. The van der Waals surface area contributed by atoms with Gasteiger partial charge in [-0.05, 0) is 6.92 Å². The van der Waals surface area contributed by atoms with Crippen molar-refractivity contribution in [2.24, 2.45) is 0 Å². The maximum atomic E-state index is 8.69. The molecule has 1 rings (SSSR count). The first-order chi connectivity index (χ1) is 6.24. The van der Waals surface area contributed by atoms with Gasteiger partial charge in [0.1, 0.15) is 0 Å². The highest BCUT2D eigenvalue weighted by Crippen LogP contribution is 2.15. The van der Waals surface area contributed by atoms with Crippen molar-refractivity contribution in [1.29, 1.82) is 10.5 Å². The van der Waals surface area contributed by atoms with Crippen molar-refractivity contribution < 1.29 is 0 Å². The van der Waals surface area contributed by atoms with Crippen LogP contribution in [0, 0.1) is 22.9 Å². The lowest BCUT2D eigenvalue weighted by Gasteiger charge is -2.31. The summed E-state index contributed by atoms with van der Waals surface area (Å²) in [5.74, 6) is 0. The number of nitriles is 2. The van der Waals surface area contributed by atoms with Gasteiger partial charge in [-0.1, -0.05) is 0 Å². The third kappa shape index (κ3) is 1.50. The molecule has 0 aliphatic carbocycles. The minimum absolute atomic E-state index is 0.292. The van der Waals surface area contributed by atoms with Gasteiger partial charge in [0.2, 0.25) is 6.29 Å². The van der Waals surface area contributed by atoms with Crippen molar-refractivity contribution >= 4 is 0 Å². The molecule has 0 aromatic carbocycles. The Morgan fingerprint density at radius 3 is 2.46 bits per heavy atom. The molecule has 0 aromatic rings. The molecule has 0 aromatic heterocycles. The summed E-state index contributed by atoms with van der Waals surface area (Å²) in [6.45, 7) is 2.74. The van der Waals surface area contributed by atoms with E-state index < -0.39 is 0 Å². The Labute approximate surface area is 77.7 Å². The van der Waals surface area contributed by atoms with Crippen LogP contribution in [0.4, 0.5) is 0 Å². The molecular weight excluding hydrogens is 166 g/mol. The highest BCUT2D eigenvalue weighted by atomic mass is 15.5. The molecule has 0 amide bonds. The van der Waals surface area contributed by atoms with Gasteiger partial charge in [0.05, 0.1) is 0 Å². The predicted molar refractivity (Wildman–Crippen MR) is 46.1 cm³/mol. The molecule has 5 heteroatoms. The molecule has 1 unspecified atom stereocenters. The average molecular weight is 177 g/mol. The minimum atomic E-state index is -0.292. The molecule has 0 N–H and O–H groups in total. The Kier molecular flexibility index (Phi) is 2.61. The van der Waals surface area contributed by atoms with Crippen molar-refractivity contribution in [2.75, 3.05) is 13.6 Å². The van der Waals surface area contributed by atoms with Crippen molar-refractivity contribution in [2.45, 2.75) is 13.2 Å². The third-order valence-electron chi connectivity index (χ3n) is 1.97. The Morgan fingerprint density at radius 1 is 1.38 bits per heavy atom. The van der Waals surface area contributed by atoms with Gasteiger partial charge in [0.25, 0.3) is 0 Å². The van der Waals surface area contributed by atoms with Gasteiger partial charge in [-0.25, -0.2) is 0 Å². The fourth-order valence-corrected chi connectivity index (χ4v) is 1.30. The fourth-order valence-electron chi connectivity index (χ4n) is 1.30. The smallest absolute Gasteiger partial charge is 0.203 e. The van der Waals surface area contributed by atoms with Crippen LogP contribution in [-0.4, -0.2) is 34.6 Å². The first kappa shape index (κ1) is 9.21. The summed E-state index contributed by atoms with van der Waals surface area (Å²) in [7, 11) is 1.83. The van der Waals surface area contributed by atoms with Gasteiger partial charge in [0.15, 0.2) is 12.4 Å². The zero-order valence-electron chi connectivity index (χ0n) is 7.68. The van der Waals surface area contributed by atoms with E-state index in [1.165, 1.54) is 0 Å². The van der Waals surface area contributed by atoms with Crippen LogP contribution in [0.3, 0.4) is 0 Å². The summed E-state index contributed by atoms with van der Waals surface area (Å²) >= 11 is 0. The van der Waals surface area contributed by atoms with E-state index in [4.69, 9.17) is 10.5 Å². The number of hydrogen-bond donors (Lipinski definition) is 0. The lowest BCUT2D eigenvalue weighted by Crippen LogP contribution is -2.46. The zero-order chi connectivity index (χ0) is 9.84. The Balaban J connectivity index is 2.80. The molecule has 0 saturated carbocycles. The third-order valence-corrected chi connectivity index (χ3v) is 1.97. The molecule has 13 heavy (non-hydrogen) atoms. The maximum Gasteiger partial charge on any atom is 0.203 e. The summed E-state index contributed by atoms with van der Waals surface area (Å²) in [5, 5.41) is 17.4. The van der Waals surface area contributed by atoms with E-state index in [9.17, 15) is 0 Å². The largest absolute Gasteiger partial charge is 0.341 e. The van der Waals surface area contributed by atoms with Crippen molar-refractivity contribution in [3.8, 4) is 12.4 Å². The molecule has 0 bridgehead atoms. The van der Waals surface area contributed by atoms with Crippen LogP contribution in [0.1, 0.15) is 6.92 Å². The Bertz CT molecular complexity index is 270. The molecular formula is C8H11N5. The van der Waals surface area contributed by atoms with Crippen LogP contribution in [0.25, 0.3) is 0 Å². The van der Waals surface area contributed by atoms with E-state index in [1.807, 2.05) is 48.6 Å². The zero-order valence-corrected chi connectivity index (χ0v) is 7.68. The number of rotatable bonds is 2. The minimum Gasteiger partial charge on any atom is -0.341 e. The van der Waals surface area contributed by atoms with Gasteiger partial charge < -0.3 is 9.80 Å². The van der Waals surface area contributed by atoms with Crippen molar-refractivity contribution in [3.63, 3.8) is 0 Å². The lowest BCUT2D eigenvalue weighted by molar-refractivity contribution is 0.0852. The molecule has 0 spiro atoms. The normalized spacial score (nSPS) is 19.8. The number of nitrogens with zero attached hydrogens (tertiary/aromatic N) is 5. The van der Waals surface area contributed by atoms with Crippen LogP contribution < -0.4 is 0 Å². The lowest BCUT2D eigenvalue weighted by atomic mass is 10.5. The van der Waals surface area contributed by atoms with E-state index in [0.717, 1.165) is 11.4 Å². The molecule has 68 valence electrons. The van der Waals surface area contributed by atoms with Crippen LogP contribution in [0.15, 0.2) is 12.4 Å². The van der Waals surface area contributed by atoms with Gasteiger partial charge in [-0.15, -0.1) is 0 Å². The molecule has 1 aliphatic heterocycles. The van der Waals surface area contributed by atoms with E-state index in [-0.39, 0.29) is 6.29 Å². The van der Waals surface area contributed by atoms with Crippen LogP contribution in [0.5, 0.6) is 0 Å². The Morgan fingerprint density at radius 2 is 2.00 bits per heavy atom. The van der Waals surface area contributed by atoms with E-state index in [2.05, 4.69) is 0 Å². The standard InChI is InChI=1S/C8H11N5/c1-3-12-5-4-11(2)8(12)13(6-9)7-10/h4-5,8H,3H2,1-2H3. The fraction of sp³-hybridized carbons (Fsp3) is 0.500. The molecule has 1 atom stereocenters. The molecule has 5 nitrogen and oxygen atoms in total. The van der Waals surface area contributed by atoms with Crippen LogP contribution >= 0.6 is 0 Å². The second-order valence-electron chi connectivity index (χ2n) is 2.71. The van der Waals surface area contributed by atoms with Crippen LogP contribution in [-0.2, 0) is 0 Å². The van der Waals surface area contributed by atoms with Gasteiger partial charge in [-0.2, -0.15) is 15.4 Å². The van der Waals surface area contributed by atoms with Crippen LogP contribution in [0.2, 0.25) is 0 Å². The summed E-state index contributed by atoms with van der Waals surface area (Å²) in [4.78, 5) is 4.78. The molecule has 1 heterocycles. The average Bonchev–Trinajstić information content (AvgIpc) is 2.51. The monoisotopic (exact) mass is 177 g/mol. The second-order valence-corrected chi connectivity index (χ2v) is 2.71. The number of hydrogen-bond acceptors (Lipinski definition) is 5. The van der Waals surface area contributed by atoms with E-state index in [1.54, 1.807) is 0 Å². The highest BCUT2D eigenvalue weighted by Gasteiger charge is 2.28. The predicted octanol–water partition coefficient (Wildman–Crippen LogP) is 0.273. The second kappa shape index (κ2) is 3.68. The van der Waals surface area contributed by atoms with Crippen molar-refractivity contribution in [1.82, 2.24) is 14.7 Å². The summed E-state index contributed by atoms with van der Waals surface area (Å²) < 4.78 is 0. The van der Waals surface area contributed by atoms with Crippen molar-refractivity contribution in [3.05, 3.63) is 12.4 Å². The molecule has 1 aliphatic rings. The quantitative estimate of drug-likeness (QED) is 0.447. The Hall–Kier alpha value is -1.88. The van der Waals surface area contributed by atoms with E-state index >= 15 is 0 Å². The summed E-state index contributed by atoms with van der Waals surface area (Å²) in [6.07, 6.45) is 7.09. The first-order valence-corrected chi connectivity index (χ1v) is 3.99. The van der Waals surface area contributed by atoms with Gasteiger partial charge >= 0.3 is 0 Å². The highest BCUT2D eigenvalue weighted by molar-refractivity contribution is 5.01. The molecule has 0 fully saturated rings. The topological polar surface area (TPSA) is 57.3 Å². The summed E-state index contributed by atoms with van der Waals surface area (Å²) in [6, 6.07) is 0. The maximum absolute atomic E-state index is 8.69. The van der Waals surface area contributed by atoms with Gasteiger partial charge in [0, 0.05) is 26.0 Å². The first-order valence-electron chi connectivity index (χ1n) is 3.99. The molecule has 0 radical (unpaired) electrons. The molecule has 0 saturated heterocycles. The van der Waals surface area contributed by atoms with Gasteiger partial charge in [-0.3, -0.25) is 0 Å². The SMILES string of the molecule is CCN1C=CN(C)C1N(C#N)C#N. The van der Waals surface area contributed by atoms with E-state index in [0.29, 0.717) is 0 Å².